The number of hydrogen-bond acceptors (Lipinski definition) is 3. The fourth-order valence-corrected chi connectivity index (χ4v) is 1.89. The van der Waals surface area contributed by atoms with Crippen LogP contribution in [0.15, 0.2) is 18.2 Å². The van der Waals surface area contributed by atoms with Crippen molar-refractivity contribution < 1.29 is 13.9 Å². The molecule has 4 nitrogen and oxygen atoms in total. The quantitative estimate of drug-likeness (QED) is 0.867. The van der Waals surface area contributed by atoms with Crippen molar-refractivity contribution in [2.45, 2.75) is 12.5 Å². The molecular weight excluding hydrogens is 223 g/mol. The van der Waals surface area contributed by atoms with Crippen LogP contribution in [-0.4, -0.2) is 37.6 Å². The molecule has 2 rings (SSSR count). The number of amides is 1. The lowest BCUT2D eigenvalue weighted by Gasteiger charge is -2.14. The van der Waals surface area contributed by atoms with Crippen molar-refractivity contribution in [3.8, 4) is 5.75 Å². The van der Waals surface area contributed by atoms with Crippen molar-refractivity contribution in [3.05, 3.63) is 24.0 Å². The fraction of sp³-hybridized carbons (Fsp3) is 0.417. The minimum atomic E-state index is -0.381. The highest BCUT2D eigenvalue weighted by Crippen LogP contribution is 2.23. The minimum Gasteiger partial charge on any atom is -0.497 e. The molecule has 5 heteroatoms. The van der Waals surface area contributed by atoms with Gasteiger partial charge < -0.3 is 15.0 Å². The van der Waals surface area contributed by atoms with Gasteiger partial charge in [-0.15, -0.1) is 0 Å². The first-order valence-electron chi connectivity index (χ1n) is 5.47. The topological polar surface area (TPSA) is 41.6 Å². The number of likely N-dealkylation sites (tertiary alicyclic amines) is 1. The number of benzene rings is 1. The SMILES string of the molecule is COc1ccc(F)c(NC2CCN(C)C2=O)c1. The number of carbonyl (C=O) groups excluding carboxylic acids is 1. The Balaban J connectivity index is 2.15. The molecule has 0 aliphatic carbocycles. The summed E-state index contributed by atoms with van der Waals surface area (Å²) in [6.07, 6.45) is 0.686. The molecule has 1 aromatic rings. The summed E-state index contributed by atoms with van der Waals surface area (Å²) in [6.45, 7) is 0.697. The molecule has 17 heavy (non-hydrogen) atoms. The maximum atomic E-state index is 13.5. The van der Waals surface area contributed by atoms with Gasteiger partial charge in [0, 0.05) is 19.7 Å². The lowest BCUT2D eigenvalue weighted by atomic mass is 10.2. The van der Waals surface area contributed by atoms with E-state index in [0.717, 1.165) is 0 Å². The van der Waals surface area contributed by atoms with Crippen LogP contribution in [0.3, 0.4) is 0 Å². The van der Waals surface area contributed by atoms with Crippen LogP contribution in [0.5, 0.6) is 5.75 Å². The van der Waals surface area contributed by atoms with E-state index in [2.05, 4.69) is 5.32 Å². The van der Waals surface area contributed by atoms with Crippen molar-refractivity contribution >= 4 is 11.6 Å². The maximum absolute atomic E-state index is 13.5. The van der Waals surface area contributed by atoms with Crippen LogP contribution < -0.4 is 10.1 Å². The number of halogens is 1. The van der Waals surface area contributed by atoms with E-state index >= 15 is 0 Å². The van der Waals surface area contributed by atoms with Crippen LogP contribution in [0.4, 0.5) is 10.1 Å². The van der Waals surface area contributed by atoms with Gasteiger partial charge in [-0.3, -0.25) is 4.79 Å². The van der Waals surface area contributed by atoms with Gasteiger partial charge in [0.2, 0.25) is 5.91 Å². The van der Waals surface area contributed by atoms with Crippen molar-refractivity contribution in [2.24, 2.45) is 0 Å². The number of hydrogen-bond donors (Lipinski definition) is 1. The molecule has 1 aliphatic rings. The predicted molar refractivity (Wildman–Crippen MR) is 62.6 cm³/mol. The number of methoxy groups -OCH3 is 1. The van der Waals surface area contributed by atoms with Gasteiger partial charge >= 0.3 is 0 Å². The molecule has 0 spiro atoms. The Morgan fingerprint density at radius 1 is 1.53 bits per heavy atom. The monoisotopic (exact) mass is 238 g/mol. The minimum absolute atomic E-state index is 0.00720. The Labute approximate surface area is 99.4 Å². The van der Waals surface area contributed by atoms with Gasteiger partial charge in [-0.05, 0) is 18.6 Å². The third kappa shape index (κ3) is 2.33. The summed E-state index contributed by atoms with van der Waals surface area (Å²) in [4.78, 5) is 13.3. The largest absolute Gasteiger partial charge is 0.497 e. The molecule has 1 atom stereocenters. The maximum Gasteiger partial charge on any atom is 0.244 e. The Morgan fingerprint density at radius 2 is 2.29 bits per heavy atom. The van der Waals surface area contributed by atoms with Crippen LogP contribution in [0.1, 0.15) is 6.42 Å². The standard InChI is InChI=1S/C12H15FN2O2/c1-15-6-5-10(12(15)16)14-11-7-8(17-2)3-4-9(11)13/h3-4,7,10,14H,5-6H2,1-2H3. The number of nitrogens with one attached hydrogen (secondary N) is 1. The number of nitrogens with zero attached hydrogens (tertiary/aromatic N) is 1. The molecule has 0 saturated carbocycles. The predicted octanol–water partition coefficient (Wildman–Crippen LogP) is 1.48. The second-order valence-electron chi connectivity index (χ2n) is 4.09. The third-order valence-electron chi connectivity index (χ3n) is 2.93. The van der Waals surface area contributed by atoms with E-state index in [9.17, 15) is 9.18 Å². The molecule has 1 saturated heterocycles. The van der Waals surface area contributed by atoms with Crippen LogP contribution in [0.2, 0.25) is 0 Å². The van der Waals surface area contributed by atoms with E-state index in [1.165, 1.54) is 13.2 Å². The molecule has 92 valence electrons. The summed E-state index contributed by atoms with van der Waals surface area (Å²) in [5, 5.41) is 2.92. The summed E-state index contributed by atoms with van der Waals surface area (Å²) in [6, 6.07) is 4.08. The summed E-state index contributed by atoms with van der Waals surface area (Å²) >= 11 is 0. The van der Waals surface area contributed by atoms with Crippen molar-refractivity contribution in [3.63, 3.8) is 0 Å². The Bertz CT molecular complexity index is 437. The molecule has 1 fully saturated rings. The highest BCUT2D eigenvalue weighted by molar-refractivity contribution is 5.86. The second kappa shape index (κ2) is 4.61. The average molecular weight is 238 g/mol. The molecule has 1 amide bonds. The molecule has 0 radical (unpaired) electrons. The number of carbonyl (C=O) groups is 1. The van der Waals surface area contributed by atoms with Crippen LogP contribution >= 0.6 is 0 Å². The fourth-order valence-electron chi connectivity index (χ4n) is 1.89. The third-order valence-corrected chi connectivity index (χ3v) is 2.93. The smallest absolute Gasteiger partial charge is 0.244 e. The molecule has 1 aliphatic heterocycles. The normalized spacial score (nSPS) is 19.6. The van der Waals surface area contributed by atoms with Crippen molar-refractivity contribution in [1.82, 2.24) is 4.90 Å². The first kappa shape index (κ1) is 11.7. The van der Waals surface area contributed by atoms with Crippen LogP contribution in [0, 0.1) is 5.82 Å². The number of anilines is 1. The van der Waals surface area contributed by atoms with E-state index < -0.39 is 0 Å². The Kier molecular flexibility index (Phi) is 3.17. The Morgan fingerprint density at radius 3 is 2.88 bits per heavy atom. The van der Waals surface area contributed by atoms with Gasteiger partial charge in [0.25, 0.3) is 0 Å². The average Bonchev–Trinajstić information content (AvgIpc) is 2.64. The van der Waals surface area contributed by atoms with Gasteiger partial charge in [0.15, 0.2) is 0 Å². The van der Waals surface area contributed by atoms with Gasteiger partial charge in [0.1, 0.15) is 17.6 Å². The van der Waals surface area contributed by atoms with Crippen LogP contribution in [0.25, 0.3) is 0 Å². The van der Waals surface area contributed by atoms with E-state index in [4.69, 9.17) is 4.74 Å². The first-order valence-corrected chi connectivity index (χ1v) is 5.47. The molecule has 1 heterocycles. The zero-order valence-corrected chi connectivity index (χ0v) is 9.87. The van der Waals surface area contributed by atoms with E-state index in [0.29, 0.717) is 24.4 Å². The molecule has 0 aromatic heterocycles. The van der Waals surface area contributed by atoms with Gasteiger partial charge in [-0.2, -0.15) is 0 Å². The Hall–Kier alpha value is -1.78. The summed E-state index contributed by atoms with van der Waals surface area (Å²) < 4.78 is 18.6. The molecule has 1 N–H and O–H groups in total. The highest BCUT2D eigenvalue weighted by Gasteiger charge is 2.29. The number of rotatable bonds is 3. The van der Waals surface area contributed by atoms with Crippen molar-refractivity contribution in [1.29, 1.82) is 0 Å². The van der Waals surface area contributed by atoms with E-state index in [1.54, 1.807) is 24.1 Å². The molecular formula is C12H15FN2O2. The highest BCUT2D eigenvalue weighted by atomic mass is 19.1. The van der Waals surface area contributed by atoms with Gasteiger partial charge in [-0.25, -0.2) is 4.39 Å². The van der Waals surface area contributed by atoms with Gasteiger partial charge in [-0.1, -0.05) is 0 Å². The summed E-state index contributed by atoms with van der Waals surface area (Å²) in [7, 11) is 3.26. The zero-order chi connectivity index (χ0) is 12.4. The molecule has 0 bridgehead atoms. The van der Waals surface area contributed by atoms with E-state index in [1.807, 2.05) is 0 Å². The zero-order valence-electron chi connectivity index (χ0n) is 9.87. The second-order valence-corrected chi connectivity index (χ2v) is 4.09. The van der Waals surface area contributed by atoms with E-state index in [-0.39, 0.29) is 17.8 Å². The molecule has 1 aromatic carbocycles. The lowest BCUT2D eigenvalue weighted by molar-refractivity contribution is -0.127. The number of likely N-dealkylation sites (N-methyl/N-ethyl adjacent to an activating group) is 1. The van der Waals surface area contributed by atoms with Crippen molar-refractivity contribution in [2.75, 3.05) is 26.0 Å². The molecule has 1 unspecified atom stereocenters. The summed E-state index contributed by atoms with van der Waals surface area (Å²) in [5.41, 5.74) is 0.304. The number of ether oxygens (including phenoxy) is 1. The van der Waals surface area contributed by atoms with Gasteiger partial charge in [0.05, 0.1) is 12.8 Å². The lowest BCUT2D eigenvalue weighted by Crippen LogP contribution is -2.31. The van der Waals surface area contributed by atoms with Crippen LogP contribution in [-0.2, 0) is 4.79 Å². The summed E-state index contributed by atoms with van der Waals surface area (Å²) in [5.74, 6) is 0.174. The first-order chi connectivity index (χ1) is 8.11.